The lowest BCUT2D eigenvalue weighted by Crippen LogP contribution is -2.43. The van der Waals surface area contributed by atoms with Gasteiger partial charge in [-0.2, -0.15) is 0 Å². The average molecular weight is 264 g/mol. The zero-order valence-electron chi connectivity index (χ0n) is 11.0. The highest BCUT2D eigenvalue weighted by atomic mass is 19.3. The average Bonchev–Trinajstić information content (AvgIpc) is 2.75. The fourth-order valence-corrected chi connectivity index (χ4v) is 2.94. The van der Waals surface area contributed by atoms with Gasteiger partial charge in [-0.15, -0.1) is 0 Å². The van der Waals surface area contributed by atoms with Crippen molar-refractivity contribution < 1.29 is 8.78 Å². The third kappa shape index (κ3) is 2.14. The van der Waals surface area contributed by atoms with Crippen LogP contribution in [0.25, 0.3) is 10.9 Å². The van der Waals surface area contributed by atoms with Crippen LogP contribution in [0, 0.1) is 0 Å². The lowest BCUT2D eigenvalue weighted by molar-refractivity contribution is -0.0513. The maximum absolute atomic E-state index is 13.3. The second kappa shape index (κ2) is 4.04. The number of alkyl halides is 2. The van der Waals surface area contributed by atoms with Gasteiger partial charge in [0.15, 0.2) is 0 Å². The number of halogens is 2. The SMILES string of the molecule is Cn1ccc2cc(C3(N)CCC(F)(F)CC3)ccc21. The molecule has 2 nitrogen and oxygen atoms in total. The molecule has 0 unspecified atom stereocenters. The van der Waals surface area contributed by atoms with Crippen molar-refractivity contribution in [1.82, 2.24) is 4.57 Å². The molecule has 0 saturated heterocycles. The molecule has 0 bridgehead atoms. The molecule has 0 radical (unpaired) electrons. The van der Waals surface area contributed by atoms with Gasteiger partial charge in [-0.05, 0) is 42.0 Å². The summed E-state index contributed by atoms with van der Waals surface area (Å²) in [6.45, 7) is 0. The van der Waals surface area contributed by atoms with Gasteiger partial charge in [-0.3, -0.25) is 0 Å². The Morgan fingerprint density at radius 2 is 1.79 bits per heavy atom. The number of hydrogen-bond acceptors (Lipinski definition) is 1. The predicted octanol–water partition coefficient (Wildman–Crippen LogP) is 3.54. The molecule has 0 amide bonds. The molecule has 1 fully saturated rings. The van der Waals surface area contributed by atoms with E-state index in [0.29, 0.717) is 12.8 Å². The molecular weight excluding hydrogens is 246 g/mol. The summed E-state index contributed by atoms with van der Waals surface area (Å²) < 4.78 is 28.6. The van der Waals surface area contributed by atoms with Crippen LogP contribution in [-0.2, 0) is 12.6 Å². The van der Waals surface area contributed by atoms with Crippen molar-refractivity contribution in [3.63, 3.8) is 0 Å². The van der Waals surface area contributed by atoms with E-state index in [4.69, 9.17) is 5.73 Å². The molecule has 1 aromatic carbocycles. The molecule has 19 heavy (non-hydrogen) atoms. The minimum absolute atomic E-state index is 0.115. The van der Waals surface area contributed by atoms with Crippen LogP contribution in [0.2, 0.25) is 0 Å². The quantitative estimate of drug-likeness (QED) is 0.839. The van der Waals surface area contributed by atoms with Crippen LogP contribution in [0.15, 0.2) is 30.5 Å². The van der Waals surface area contributed by atoms with E-state index in [1.807, 2.05) is 42.1 Å². The number of hydrogen-bond donors (Lipinski definition) is 1. The molecule has 1 aliphatic carbocycles. The van der Waals surface area contributed by atoms with Crippen molar-refractivity contribution in [2.24, 2.45) is 12.8 Å². The summed E-state index contributed by atoms with van der Waals surface area (Å²) in [5, 5.41) is 1.11. The first-order valence-corrected chi connectivity index (χ1v) is 6.62. The minimum atomic E-state index is -2.54. The summed E-state index contributed by atoms with van der Waals surface area (Å²) in [6, 6.07) is 8.07. The van der Waals surface area contributed by atoms with E-state index in [0.717, 1.165) is 16.5 Å². The Labute approximate surface area is 111 Å². The third-order valence-electron chi connectivity index (χ3n) is 4.33. The summed E-state index contributed by atoms with van der Waals surface area (Å²) in [6.07, 6.45) is 2.45. The Kier molecular flexibility index (Phi) is 2.68. The summed E-state index contributed by atoms with van der Waals surface area (Å²) >= 11 is 0. The zero-order chi connectivity index (χ0) is 13.7. The molecule has 4 heteroatoms. The fourth-order valence-electron chi connectivity index (χ4n) is 2.94. The summed E-state index contributed by atoms with van der Waals surface area (Å²) in [5.41, 5.74) is 7.86. The summed E-state index contributed by atoms with van der Waals surface area (Å²) in [7, 11) is 1.99. The van der Waals surface area contributed by atoms with E-state index in [1.165, 1.54) is 0 Å². The Balaban J connectivity index is 1.95. The second-order valence-electron chi connectivity index (χ2n) is 5.71. The maximum atomic E-state index is 13.3. The van der Waals surface area contributed by atoms with Gasteiger partial charge in [0.25, 0.3) is 0 Å². The van der Waals surface area contributed by atoms with Crippen LogP contribution >= 0.6 is 0 Å². The van der Waals surface area contributed by atoms with Crippen LogP contribution in [-0.4, -0.2) is 10.5 Å². The van der Waals surface area contributed by atoms with Gasteiger partial charge in [0.1, 0.15) is 0 Å². The predicted molar refractivity (Wildman–Crippen MR) is 72.2 cm³/mol. The Morgan fingerprint density at radius 3 is 2.47 bits per heavy atom. The van der Waals surface area contributed by atoms with Gasteiger partial charge in [0.05, 0.1) is 0 Å². The van der Waals surface area contributed by atoms with Crippen molar-refractivity contribution >= 4 is 10.9 Å². The lowest BCUT2D eigenvalue weighted by Gasteiger charge is -2.37. The molecule has 0 atom stereocenters. The zero-order valence-corrected chi connectivity index (χ0v) is 11.0. The lowest BCUT2D eigenvalue weighted by atomic mass is 9.76. The van der Waals surface area contributed by atoms with Gasteiger partial charge >= 0.3 is 0 Å². The molecule has 1 aliphatic rings. The van der Waals surface area contributed by atoms with Gasteiger partial charge in [-0.1, -0.05) is 6.07 Å². The van der Waals surface area contributed by atoms with E-state index in [9.17, 15) is 8.78 Å². The molecule has 2 aromatic rings. The first-order valence-electron chi connectivity index (χ1n) is 6.62. The molecule has 1 aromatic heterocycles. The van der Waals surface area contributed by atoms with Gasteiger partial charge in [0, 0.05) is 37.1 Å². The normalized spacial score (nSPS) is 21.7. The van der Waals surface area contributed by atoms with E-state index < -0.39 is 11.5 Å². The highest BCUT2D eigenvalue weighted by Crippen LogP contribution is 2.42. The standard InChI is InChI=1S/C15H18F2N2/c1-19-9-4-11-10-12(2-3-13(11)19)14(18)5-7-15(16,17)8-6-14/h2-4,9-10H,5-8,18H2,1H3. The van der Waals surface area contributed by atoms with Crippen molar-refractivity contribution in [3.8, 4) is 0 Å². The summed E-state index contributed by atoms with van der Waals surface area (Å²) in [4.78, 5) is 0. The first kappa shape index (κ1) is 12.6. The highest BCUT2D eigenvalue weighted by Gasteiger charge is 2.42. The molecule has 3 rings (SSSR count). The monoisotopic (exact) mass is 264 g/mol. The highest BCUT2D eigenvalue weighted by molar-refractivity contribution is 5.81. The van der Waals surface area contributed by atoms with E-state index >= 15 is 0 Å². The van der Waals surface area contributed by atoms with Crippen molar-refractivity contribution in [1.29, 1.82) is 0 Å². The Bertz CT molecular complexity index is 606. The molecule has 2 N–H and O–H groups in total. The molecule has 1 heterocycles. The first-order chi connectivity index (χ1) is 8.90. The van der Waals surface area contributed by atoms with E-state index in [1.54, 1.807) is 0 Å². The van der Waals surface area contributed by atoms with Gasteiger partial charge in [-0.25, -0.2) is 8.78 Å². The number of fused-ring (bicyclic) bond motifs is 1. The maximum Gasteiger partial charge on any atom is 0.248 e. The van der Waals surface area contributed by atoms with E-state index in [-0.39, 0.29) is 12.8 Å². The molecular formula is C15H18F2N2. The molecule has 1 saturated carbocycles. The van der Waals surface area contributed by atoms with Crippen molar-refractivity contribution in [2.75, 3.05) is 0 Å². The number of nitrogens with two attached hydrogens (primary N) is 1. The Morgan fingerprint density at radius 1 is 1.11 bits per heavy atom. The van der Waals surface area contributed by atoms with Crippen LogP contribution < -0.4 is 5.73 Å². The fraction of sp³-hybridized carbons (Fsp3) is 0.467. The van der Waals surface area contributed by atoms with Crippen LogP contribution in [0.5, 0.6) is 0 Å². The van der Waals surface area contributed by atoms with Crippen LogP contribution in [0.1, 0.15) is 31.2 Å². The van der Waals surface area contributed by atoms with Gasteiger partial charge in [0.2, 0.25) is 5.92 Å². The number of aryl methyl sites for hydroxylation is 1. The van der Waals surface area contributed by atoms with Crippen molar-refractivity contribution in [3.05, 3.63) is 36.0 Å². The van der Waals surface area contributed by atoms with E-state index in [2.05, 4.69) is 0 Å². The van der Waals surface area contributed by atoms with Crippen LogP contribution in [0.4, 0.5) is 8.78 Å². The van der Waals surface area contributed by atoms with Crippen molar-refractivity contribution in [2.45, 2.75) is 37.1 Å². The number of aromatic nitrogens is 1. The smallest absolute Gasteiger partial charge is 0.248 e. The summed E-state index contributed by atoms with van der Waals surface area (Å²) in [5.74, 6) is -2.54. The largest absolute Gasteiger partial charge is 0.351 e. The minimum Gasteiger partial charge on any atom is -0.351 e. The van der Waals surface area contributed by atoms with Gasteiger partial charge < -0.3 is 10.3 Å². The number of nitrogens with zero attached hydrogens (tertiary/aromatic N) is 1. The second-order valence-corrected chi connectivity index (χ2v) is 5.71. The number of benzene rings is 1. The van der Waals surface area contributed by atoms with Crippen LogP contribution in [0.3, 0.4) is 0 Å². The molecule has 102 valence electrons. The third-order valence-corrected chi connectivity index (χ3v) is 4.33. The number of rotatable bonds is 1. The molecule has 0 spiro atoms. The topological polar surface area (TPSA) is 30.9 Å². The Hall–Kier alpha value is -1.42. The molecule has 0 aliphatic heterocycles.